The van der Waals surface area contributed by atoms with Gasteiger partial charge in [-0.05, 0) is 32.3 Å². The molecule has 0 atom stereocenters. The van der Waals surface area contributed by atoms with Gasteiger partial charge in [0.25, 0.3) is 5.91 Å². The third-order valence-corrected chi connectivity index (χ3v) is 3.96. The van der Waals surface area contributed by atoms with Crippen molar-refractivity contribution in [2.75, 3.05) is 27.2 Å². The average Bonchev–Trinajstić information content (AvgIpc) is 2.88. The van der Waals surface area contributed by atoms with Crippen LogP contribution in [0, 0.1) is 0 Å². The Labute approximate surface area is 139 Å². The molecule has 0 radical (unpaired) electrons. The highest BCUT2D eigenvalue weighted by atomic mass is 16.4. The minimum absolute atomic E-state index is 0.173. The van der Waals surface area contributed by atoms with Crippen molar-refractivity contribution in [2.45, 2.75) is 0 Å². The van der Waals surface area contributed by atoms with Crippen LogP contribution in [0.15, 0.2) is 42.6 Å². The summed E-state index contributed by atoms with van der Waals surface area (Å²) in [6, 6.07) is 10.6. The summed E-state index contributed by atoms with van der Waals surface area (Å²) >= 11 is 0. The number of carbonyl (C=O) groups is 2. The molecule has 0 unspecified atom stereocenters. The molecule has 0 fully saturated rings. The van der Waals surface area contributed by atoms with Gasteiger partial charge in [-0.3, -0.25) is 4.79 Å². The van der Waals surface area contributed by atoms with Gasteiger partial charge in [0.15, 0.2) is 0 Å². The summed E-state index contributed by atoms with van der Waals surface area (Å²) in [5.41, 5.74) is 2.10. The second-order valence-electron chi connectivity index (χ2n) is 5.93. The van der Waals surface area contributed by atoms with Crippen molar-refractivity contribution in [2.24, 2.45) is 0 Å². The van der Waals surface area contributed by atoms with Crippen LogP contribution in [0.25, 0.3) is 16.4 Å². The molecule has 3 rings (SSSR count). The van der Waals surface area contributed by atoms with Gasteiger partial charge in [0.2, 0.25) is 0 Å². The van der Waals surface area contributed by atoms with E-state index in [-0.39, 0.29) is 11.5 Å². The molecule has 0 aliphatic heterocycles. The third kappa shape index (κ3) is 2.83. The first kappa shape index (κ1) is 16.0. The van der Waals surface area contributed by atoms with Crippen molar-refractivity contribution in [3.05, 3.63) is 53.7 Å². The molecule has 124 valence electrons. The first-order valence-electron chi connectivity index (χ1n) is 7.68. The number of pyridine rings is 1. The highest BCUT2D eigenvalue weighted by Gasteiger charge is 2.18. The molecular formula is C18H19N3O3. The Morgan fingerprint density at radius 1 is 1.12 bits per heavy atom. The Kier molecular flexibility index (Phi) is 4.22. The van der Waals surface area contributed by atoms with E-state index in [9.17, 15) is 14.7 Å². The zero-order valence-electron chi connectivity index (χ0n) is 13.6. The molecule has 0 aliphatic carbocycles. The number of rotatable bonds is 5. The predicted octanol–water partition coefficient (Wildman–Crippen LogP) is 2.08. The number of carboxylic acids is 1. The minimum atomic E-state index is -0.975. The van der Waals surface area contributed by atoms with Crippen LogP contribution < -0.4 is 5.32 Å². The van der Waals surface area contributed by atoms with E-state index >= 15 is 0 Å². The van der Waals surface area contributed by atoms with E-state index < -0.39 is 5.97 Å². The van der Waals surface area contributed by atoms with Crippen LogP contribution in [0.5, 0.6) is 0 Å². The molecule has 2 heterocycles. The van der Waals surface area contributed by atoms with E-state index in [2.05, 4.69) is 5.32 Å². The number of nitrogens with one attached hydrogen (secondary N) is 1. The lowest BCUT2D eigenvalue weighted by molar-refractivity contribution is 0.0701. The number of benzene rings is 1. The molecule has 0 spiro atoms. The number of aromatic carboxylic acids is 1. The maximum atomic E-state index is 12.3. The smallest absolute Gasteiger partial charge is 0.338 e. The quantitative estimate of drug-likeness (QED) is 0.753. The molecule has 6 heteroatoms. The summed E-state index contributed by atoms with van der Waals surface area (Å²) in [6.07, 6.45) is 1.69. The van der Waals surface area contributed by atoms with Crippen LogP contribution in [0.2, 0.25) is 0 Å². The number of amides is 1. The van der Waals surface area contributed by atoms with E-state index in [0.29, 0.717) is 23.0 Å². The maximum Gasteiger partial charge on any atom is 0.338 e. The van der Waals surface area contributed by atoms with Crippen molar-refractivity contribution in [3.63, 3.8) is 0 Å². The lowest BCUT2D eigenvalue weighted by Crippen LogP contribution is -2.31. The zero-order chi connectivity index (χ0) is 17.3. The number of carboxylic acid groups (broad SMARTS) is 1. The number of para-hydroxylation sites is 1. The molecule has 2 N–H and O–H groups in total. The largest absolute Gasteiger partial charge is 0.478 e. The predicted molar refractivity (Wildman–Crippen MR) is 92.7 cm³/mol. The van der Waals surface area contributed by atoms with Crippen LogP contribution in [0.4, 0.5) is 0 Å². The monoisotopic (exact) mass is 325 g/mol. The van der Waals surface area contributed by atoms with Gasteiger partial charge in [0, 0.05) is 24.7 Å². The second-order valence-corrected chi connectivity index (χ2v) is 5.93. The van der Waals surface area contributed by atoms with Gasteiger partial charge >= 0.3 is 5.97 Å². The standard InChI is InChI=1S/C18H19N3O3/c1-20(2)10-9-19-17(22)12-7-8-15-16(18(23)24)13-5-3-4-6-14(13)21(15)11-12/h3-8,11H,9-10H2,1-2H3,(H,19,22)(H,23,24). The molecule has 0 saturated heterocycles. The van der Waals surface area contributed by atoms with Gasteiger partial charge in [-0.2, -0.15) is 0 Å². The Balaban J connectivity index is 2.04. The van der Waals surface area contributed by atoms with Crippen LogP contribution in [0.1, 0.15) is 20.7 Å². The van der Waals surface area contributed by atoms with Crippen LogP contribution in [-0.4, -0.2) is 53.5 Å². The van der Waals surface area contributed by atoms with Gasteiger partial charge in [-0.15, -0.1) is 0 Å². The molecule has 0 aliphatic rings. The SMILES string of the molecule is CN(C)CCNC(=O)c1ccc2c(C(=O)O)c3ccccc3n2c1. The Morgan fingerprint density at radius 2 is 1.88 bits per heavy atom. The number of aromatic nitrogens is 1. The average molecular weight is 325 g/mol. The van der Waals surface area contributed by atoms with Gasteiger partial charge in [-0.25, -0.2) is 4.79 Å². The van der Waals surface area contributed by atoms with Crippen LogP contribution in [-0.2, 0) is 0 Å². The first-order valence-corrected chi connectivity index (χ1v) is 7.68. The summed E-state index contributed by atoms with van der Waals surface area (Å²) in [7, 11) is 3.88. The molecular weight excluding hydrogens is 306 g/mol. The number of likely N-dealkylation sites (N-methyl/N-ethyl adjacent to an activating group) is 1. The maximum absolute atomic E-state index is 12.3. The van der Waals surface area contributed by atoms with E-state index in [1.54, 1.807) is 28.8 Å². The number of fused-ring (bicyclic) bond motifs is 3. The number of nitrogens with zero attached hydrogens (tertiary/aromatic N) is 2. The summed E-state index contributed by atoms with van der Waals surface area (Å²) in [4.78, 5) is 25.9. The molecule has 0 bridgehead atoms. The summed E-state index contributed by atoms with van der Waals surface area (Å²) in [5.74, 6) is -1.15. The van der Waals surface area contributed by atoms with Crippen LogP contribution in [0.3, 0.4) is 0 Å². The first-order chi connectivity index (χ1) is 11.5. The normalized spacial score (nSPS) is 11.3. The fourth-order valence-electron chi connectivity index (χ4n) is 2.79. The van der Waals surface area contributed by atoms with Gasteiger partial charge in [0.1, 0.15) is 0 Å². The van der Waals surface area contributed by atoms with Crippen molar-refractivity contribution in [3.8, 4) is 0 Å². The van der Waals surface area contributed by atoms with E-state index in [1.165, 1.54) is 0 Å². The lowest BCUT2D eigenvalue weighted by atomic mass is 10.1. The highest BCUT2D eigenvalue weighted by molar-refractivity contribution is 6.11. The third-order valence-electron chi connectivity index (χ3n) is 3.96. The molecule has 24 heavy (non-hydrogen) atoms. The van der Waals surface area contributed by atoms with Gasteiger partial charge in [-0.1, -0.05) is 18.2 Å². The molecule has 6 nitrogen and oxygen atoms in total. The zero-order valence-corrected chi connectivity index (χ0v) is 13.6. The van der Waals surface area contributed by atoms with Gasteiger partial charge in [0.05, 0.1) is 22.2 Å². The lowest BCUT2D eigenvalue weighted by Gasteiger charge is -2.10. The summed E-state index contributed by atoms with van der Waals surface area (Å²) in [6.45, 7) is 1.31. The van der Waals surface area contributed by atoms with E-state index in [1.807, 2.05) is 37.2 Å². The van der Waals surface area contributed by atoms with Crippen molar-refractivity contribution in [1.29, 1.82) is 0 Å². The highest BCUT2D eigenvalue weighted by Crippen LogP contribution is 2.27. The summed E-state index contributed by atoms with van der Waals surface area (Å²) < 4.78 is 1.76. The van der Waals surface area contributed by atoms with Crippen molar-refractivity contribution >= 4 is 28.3 Å². The van der Waals surface area contributed by atoms with Crippen LogP contribution >= 0.6 is 0 Å². The second kappa shape index (κ2) is 6.33. The van der Waals surface area contributed by atoms with E-state index in [4.69, 9.17) is 0 Å². The van der Waals surface area contributed by atoms with E-state index in [0.717, 1.165) is 12.1 Å². The number of hydrogen-bond donors (Lipinski definition) is 2. The molecule has 2 aromatic heterocycles. The number of carbonyl (C=O) groups excluding carboxylic acids is 1. The Bertz CT molecular complexity index is 928. The summed E-state index contributed by atoms with van der Waals surface area (Å²) in [5, 5.41) is 13.0. The topological polar surface area (TPSA) is 74.0 Å². The Morgan fingerprint density at radius 3 is 2.58 bits per heavy atom. The Hall–Kier alpha value is -2.86. The van der Waals surface area contributed by atoms with Gasteiger partial charge < -0.3 is 19.7 Å². The molecule has 0 saturated carbocycles. The molecule has 3 aromatic rings. The molecule has 1 amide bonds. The number of hydrogen-bond acceptors (Lipinski definition) is 3. The fourth-order valence-corrected chi connectivity index (χ4v) is 2.79. The molecule has 1 aromatic carbocycles. The minimum Gasteiger partial charge on any atom is -0.478 e. The van der Waals surface area contributed by atoms with Crippen molar-refractivity contribution < 1.29 is 14.7 Å². The van der Waals surface area contributed by atoms with Crippen molar-refractivity contribution in [1.82, 2.24) is 14.6 Å². The fraction of sp³-hybridized carbons (Fsp3) is 0.222.